The lowest BCUT2D eigenvalue weighted by molar-refractivity contribution is -0.385. The third-order valence-electron chi connectivity index (χ3n) is 2.79. The van der Waals surface area contributed by atoms with Crippen LogP contribution in [0.3, 0.4) is 0 Å². The second-order valence-electron chi connectivity index (χ2n) is 4.22. The minimum Gasteiger partial charge on any atom is -0.473 e. The smallest absolute Gasteiger partial charge is 0.277 e. The van der Waals surface area contributed by atoms with Crippen molar-refractivity contribution in [2.45, 2.75) is 6.61 Å². The lowest BCUT2D eigenvalue weighted by Crippen LogP contribution is -1.99. The van der Waals surface area contributed by atoms with Crippen LogP contribution in [0.2, 0.25) is 5.15 Å². The van der Waals surface area contributed by atoms with Crippen LogP contribution in [-0.4, -0.2) is 16.7 Å². The number of aromatic nitrogens is 1. The maximum absolute atomic E-state index is 10.7. The molecular weight excluding hydrogens is 300 g/mol. The summed E-state index contributed by atoms with van der Waals surface area (Å²) in [5.74, 6) is 1.41. The molecule has 0 N–H and O–H groups in total. The Morgan fingerprint density at radius 1 is 1.29 bits per heavy atom. The first-order valence-corrected chi connectivity index (χ1v) is 6.33. The summed E-state index contributed by atoms with van der Waals surface area (Å²) >= 11 is 5.72. The summed E-state index contributed by atoms with van der Waals surface area (Å²) in [5, 5.41) is 10.7. The predicted octanol–water partition coefficient (Wildman–Crippen LogP) is 2.95. The molecule has 1 aliphatic rings. The van der Waals surface area contributed by atoms with Crippen molar-refractivity contribution in [3.63, 3.8) is 0 Å². The van der Waals surface area contributed by atoms with E-state index in [4.69, 9.17) is 25.8 Å². The van der Waals surface area contributed by atoms with E-state index in [-0.39, 0.29) is 30.1 Å². The minimum atomic E-state index is -0.555. The van der Waals surface area contributed by atoms with Crippen molar-refractivity contribution in [1.29, 1.82) is 0 Å². The molecule has 8 heteroatoms. The number of hydrogen-bond donors (Lipinski definition) is 0. The van der Waals surface area contributed by atoms with Crippen LogP contribution in [0.15, 0.2) is 30.3 Å². The van der Waals surface area contributed by atoms with Gasteiger partial charge in [0.15, 0.2) is 11.5 Å². The molecule has 1 aromatic carbocycles. The van der Waals surface area contributed by atoms with E-state index in [1.165, 1.54) is 6.07 Å². The summed E-state index contributed by atoms with van der Waals surface area (Å²) in [5.41, 5.74) is 0.652. The molecule has 0 aliphatic carbocycles. The summed E-state index contributed by atoms with van der Waals surface area (Å²) in [4.78, 5) is 14.1. The van der Waals surface area contributed by atoms with Gasteiger partial charge in [0.2, 0.25) is 12.7 Å². The molecule has 108 valence electrons. The highest BCUT2D eigenvalue weighted by molar-refractivity contribution is 6.29. The van der Waals surface area contributed by atoms with Crippen LogP contribution in [-0.2, 0) is 6.61 Å². The first-order chi connectivity index (χ1) is 10.1. The number of hydrogen-bond acceptors (Lipinski definition) is 6. The van der Waals surface area contributed by atoms with Crippen molar-refractivity contribution >= 4 is 17.3 Å². The molecule has 0 fully saturated rings. The van der Waals surface area contributed by atoms with Crippen LogP contribution in [0.25, 0.3) is 0 Å². The van der Waals surface area contributed by atoms with Crippen molar-refractivity contribution in [3.05, 3.63) is 51.2 Å². The van der Waals surface area contributed by atoms with E-state index in [1.54, 1.807) is 12.1 Å². The lowest BCUT2D eigenvalue weighted by Gasteiger charge is -2.06. The summed E-state index contributed by atoms with van der Waals surface area (Å²) in [6.45, 7) is 0.378. The highest BCUT2D eigenvalue weighted by Gasteiger charge is 2.14. The Hall–Kier alpha value is -2.54. The quantitative estimate of drug-likeness (QED) is 0.490. The summed E-state index contributed by atoms with van der Waals surface area (Å²) in [6.07, 6.45) is 0. The highest BCUT2D eigenvalue weighted by Crippen LogP contribution is 2.32. The Labute approximate surface area is 124 Å². The topological polar surface area (TPSA) is 83.7 Å². The number of rotatable bonds is 4. The second-order valence-corrected chi connectivity index (χ2v) is 4.61. The highest BCUT2D eigenvalue weighted by atomic mass is 35.5. The van der Waals surface area contributed by atoms with Gasteiger partial charge in [-0.25, -0.2) is 4.98 Å². The molecule has 0 amide bonds. The normalized spacial score (nSPS) is 12.2. The molecule has 0 saturated carbocycles. The average molecular weight is 309 g/mol. The van der Waals surface area contributed by atoms with Gasteiger partial charge in [-0.2, -0.15) is 0 Å². The SMILES string of the molecule is O=[N+]([O-])c1cc(Cl)nc(OCc2ccc3c(c2)OCO3)c1. The standard InChI is InChI=1S/C13H9ClN2O5/c14-12-4-9(16(17)18)5-13(15-12)19-6-8-1-2-10-11(3-8)21-7-20-10/h1-5H,6-7H2. The zero-order valence-corrected chi connectivity index (χ0v) is 11.4. The lowest BCUT2D eigenvalue weighted by atomic mass is 10.2. The van der Waals surface area contributed by atoms with E-state index in [9.17, 15) is 10.1 Å². The molecule has 2 aromatic rings. The molecule has 0 saturated heterocycles. The van der Waals surface area contributed by atoms with Crippen LogP contribution < -0.4 is 14.2 Å². The Morgan fingerprint density at radius 3 is 2.90 bits per heavy atom. The predicted molar refractivity (Wildman–Crippen MR) is 72.8 cm³/mol. The van der Waals surface area contributed by atoms with E-state index in [0.29, 0.717) is 11.5 Å². The number of benzene rings is 1. The van der Waals surface area contributed by atoms with Gasteiger partial charge in [0, 0.05) is 0 Å². The molecule has 1 aliphatic heterocycles. The first kappa shape index (κ1) is 13.4. The Morgan fingerprint density at radius 2 is 2.10 bits per heavy atom. The Balaban J connectivity index is 1.74. The molecule has 0 spiro atoms. The van der Waals surface area contributed by atoms with E-state index >= 15 is 0 Å². The molecule has 3 rings (SSSR count). The van der Waals surface area contributed by atoms with Crippen LogP contribution >= 0.6 is 11.6 Å². The Bertz CT molecular complexity index is 707. The molecular formula is C13H9ClN2O5. The van der Waals surface area contributed by atoms with E-state index in [2.05, 4.69) is 4.98 Å². The number of halogens is 1. The van der Waals surface area contributed by atoms with Crippen molar-refractivity contribution in [3.8, 4) is 17.4 Å². The number of nitro groups is 1. The third-order valence-corrected chi connectivity index (χ3v) is 2.98. The van der Waals surface area contributed by atoms with E-state index in [1.807, 2.05) is 6.07 Å². The van der Waals surface area contributed by atoms with Gasteiger partial charge in [-0.05, 0) is 17.7 Å². The molecule has 21 heavy (non-hydrogen) atoms. The molecule has 0 bridgehead atoms. The van der Waals surface area contributed by atoms with Crippen molar-refractivity contribution in [1.82, 2.24) is 4.98 Å². The van der Waals surface area contributed by atoms with Crippen molar-refractivity contribution in [2.75, 3.05) is 6.79 Å². The van der Waals surface area contributed by atoms with Gasteiger partial charge in [0.25, 0.3) is 5.69 Å². The average Bonchev–Trinajstić information content (AvgIpc) is 2.92. The summed E-state index contributed by atoms with van der Waals surface area (Å²) < 4.78 is 15.9. The zero-order valence-electron chi connectivity index (χ0n) is 10.6. The largest absolute Gasteiger partial charge is 0.473 e. The van der Waals surface area contributed by atoms with Gasteiger partial charge in [0.05, 0.1) is 17.1 Å². The van der Waals surface area contributed by atoms with Crippen molar-refractivity contribution < 1.29 is 19.1 Å². The summed E-state index contributed by atoms with van der Waals surface area (Å²) in [7, 11) is 0. The van der Waals surface area contributed by atoms with E-state index in [0.717, 1.165) is 11.6 Å². The van der Waals surface area contributed by atoms with Gasteiger partial charge >= 0.3 is 0 Å². The number of fused-ring (bicyclic) bond motifs is 1. The minimum absolute atomic E-state index is 0.00452. The van der Waals surface area contributed by atoms with Crippen LogP contribution in [0, 0.1) is 10.1 Å². The van der Waals surface area contributed by atoms with Gasteiger partial charge in [-0.3, -0.25) is 10.1 Å². The van der Waals surface area contributed by atoms with Gasteiger partial charge in [0.1, 0.15) is 11.8 Å². The fourth-order valence-electron chi connectivity index (χ4n) is 1.83. The molecule has 7 nitrogen and oxygen atoms in total. The van der Waals surface area contributed by atoms with Gasteiger partial charge in [-0.15, -0.1) is 0 Å². The number of ether oxygens (including phenoxy) is 3. The fraction of sp³-hybridized carbons (Fsp3) is 0.154. The molecule has 0 atom stereocenters. The Kier molecular flexibility index (Phi) is 3.49. The molecule has 0 unspecified atom stereocenters. The van der Waals surface area contributed by atoms with E-state index < -0.39 is 4.92 Å². The number of nitrogens with zero attached hydrogens (tertiary/aromatic N) is 2. The van der Waals surface area contributed by atoms with Gasteiger partial charge < -0.3 is 14.2 Å². The fourth-order valence-corrected chi connectivity index (χ4v) is 2.02. The molecule has 1 aromatic heterocycles. The molecule has 2 heterocycles. The van der Waals surface area contributed by atoms with Crippen LogP contribution in [0.5, 0.6) is 17.4 Å². The zero-order chi connectivity index (χ0) is 14.8. The maximum Gasteiger partial charge on any atom is 0.277 e. The van der Waals surface area contributed by atoms with Crippen LogP contribution in [0.1, 0.15) is 5.56 Å². The third kappa shape index (κ3) is 2.97. The molecule has 0 radical (unpaired) electrons. The monoisotopic (exact) mass is 308 g/mol. The van der Waals surface area contributed by atoms with Gasteiger partial charge in [-0.1, -0.05) is 17.7 Å². The van der Waals surface area contributed by atoms with Crippen LogP contribution in [0.4, 0.5) is 5.69 Å². The summed E-state index contributed by atoms with van der Waals surface area (Å²) in [6, 6.07) is 7.75. The maximum atomic E-state index is 10.7. The number of pyridine rings is 1. The first-order valence-electron chi connectivity index (χ1n) is 5.95. The van der Waals surface area contributed by atoms with Crippen molar-refractivity contribution in [2.24, 2.45) is 0 Å². The second kappa shape index (κ2) is 5.45.